The first kappa shape index (κ1) is 10.1. The van der Waals surface area contributed by atoms with Gasteiger partial charge in [0.15, 0.2) is 0 Å². The Balaban J connectivity index is 2.39. The van der Waals surface area contributed by atoms with Crippen molar-refractivity contribution < 1.29 is 4.74 Å². The van der Waals surface area contributed by atoms with Crippen molar-refractivity contribution in [3.8, 4) is 5.75 Å². The van der Waals surface area contributed by atoms with Crippen molar-refractivity contribution in [2.75, 3.05) is 5.52 Å². The summed E-state index contributed by atoms with van der Waals surface area (Å²) in [7, 11) is 0. The van der Waals surface area contributed by atoms with Crippen molar-refractivity contribution in [1.29, 1.82) is 0 Å². The van der Waals surface area contributed by atoms with Gasteiger partial charge in [0.1, 0.15) is 11.3 Å². The van der Waals surface area contributed by atoms with Gasteiger partial charge in [0, 0.05) is 15.5 Å². The molecule has 2 aromatic carbocycles. The molecule has 3 aromatic rings. The smallest absolute Gasteiger partial charge is 0.143 e. The molecule has 0 saturated heterocycles. The maximum atomic E-state index is 5.58. The molecule has 0 fully saturated rings. The highest BCUT2D eigenvalue weighted by molar-refractivity contribution is 9.09. The lowest BCUT2D eigenvalue weighted by Gasteiger charge is -2.02. The molecule has 0 aliphatic carbocycles. The minimum absolute atomic E-state index is 0.528. The number of thiophene rings is 1. The summed E-state index contributed by atoms with van der Waals surface area (Å²) < 4.78 is 8.11. The number of rotatable bonds is 2. The van der Waals surface area contributed by atoms with Crippen LogP contribution in [0.5, 0.6) is 5.75 Å². The summed E-state index contributed by atoms with van der Waals surface area (Å²) >= 11 is 5.08. The van der Waals surface area contributed by atoms with Crippen LogP contribution >= 0.6 is 27.3 Å². The SMILES string of the molecule is BrCOc1cccc2c1sc1ccccc12. The number of alkyl halides is 1. The lowest BCUT2D eigenvalue weighted by Crippen LogP contribution is -1.87. The van der Waals surface area contributed by atoms with Crippen molar-refractivity contribution in [2.24, 2.45) is 0 Å². The molecule has 16 heavy (non-hydrogen) atoms. The number of ether oxygens (including phenoxy) is 1. The van der Waals surface area contributed by atoms with Gasteiger partial charge in [-0.15, -0.1) is 11.3 Å². The van der Waals surface area contributed by atoms with Crippen LogP contribution in [0.3, 0.4) is 0 Å². The molecule has 1 heterocycles. The largest absolute Gasteiger partial charge is 0.481 e. The van der Waals surface area contributed by atoms with Gasteiger partial charge in [0.2, 0.25) is 0 Å². The number of fused-ring (bicyclic) bond motifs is 3. The molecule has 0 amide bonds. The van der Waals surface area contributed by atoms with Crippen molar-refractivity contribution in [2.45, 2.75) is 0 Å². The predicted molar refractivity (Wildman–Crippen MR) is 73.8 cm³/mol. The van der Waals surface area contributed by atoms with Crippen LogP contribution in [0.2, 0.25) is 0 Å². The summed E-state index contributed by atoms with van der Waals surface area (Å²) in [6.45, 7) is 0. The third-order valence-corrected chi connectivity index (χ3v) is 4.01. The minimum atomic E-state index is 0.528. The summed E-state index contributed by atoms with van der Waals surface area (Å²) in [4.78, 5) is 0. The molecule has 0 saturated carbocycles. The molecule has 1 aromatic heterocycles. The molecule has 80 valence electrons. The first-order valence-electron chi connectivity index (χ1n) is 4.99. The molecule has 1 nitrogen and oxygen atoms in total. The zero-order valence-corrected chi connectivity index (χ0v) is 10.8. The van der Waals surface area contributed by atoms with Crippen LogP contribution in [0.25, 0.3) is 20.2 Å². The van der Waals surface area contributed by atoms with Gasteiger partial charge < -0.3 is 4.74 Å². The van der Waals surface area contributed by atoms with Gasteiger partial charge in [0.05, 0.1) is 4.70 Å². The molecule has 3 heteroatoms. The van der Waals surface area contributed by atoms with Gasteiger partial charge in [-0.2, -0.15) is 0 Å². The number of benzene rings is 2. The van der Waals surface area contributed by atoms with Crippen LogP contribution in [0, 0.1) is 0 Å². The Kier molecular flexibility index (Phi) is 2.58. The monoisotopic (exact) mass is 292 g/mol. The van der Waals surface area contributed by atoms with Gasteiger partial charge in [0.25, 0.3) is 0 Å². The fourth-order valence-electron chi connectivity index (χ4n) is 1.89. The lowest BCUT2D eigenvalue weighted by molar-refractivity contribution is 0.403. The molecule has 0 N–H and O–H groups in total. The number of halogens is 1. The fraction of sp³-hybridized carbons (Fsp3) is 0.0769. The Labute approximate surface area is 106 Å². The van der Waals surface area contributed by atoms with Crippen molar-refractivity contribution in [3.63, 3.8) is 0 Å². The Morgan fingerprint density at radius 3 is 2.69 bits per heavy atom. The maximum Gasteiger partial charge on any atom is 0.143 e. The van der Waals surface area contributed by atoms with Gasteiger partial charge in [-0.25, -0.2) is 0 Å². The van der Waals surface area contributed by atoms with Gasteiger partial charge >= 0.3 is 0 Å². The zero-order valence-electron chi connectivity index (χ0n) is 8.44. The van der Waals surface area contributed by atoms with E-state index in [4.69, 9.17) is 4.74 Å². The van der Waals surface area contributed by atoms with Gasteiger partial charge in [-0.3, -0.25) is 0 Å². The molecule has 0 spiro atoms. The van der Waals surface area contributed by atoms with Crippen molar-refractivity contribution in [1.82, 2.24) is 0 Å². The highest BCUT2D eigenvalue weighted by Gasteiger charge is 2.08. The van der Waals surface area contributed by atoms with Crippen LogP contribution in [-0.2, 0) is 0 Å². The number of hydrogen-bond donors (Lipinski definition) is 0. The first-order valence-corrected chi connectivity index (χ1v) is 6.93. The molecule has 0 radical (unpaired) electrons. The second kappa shape index (κ2) is 4.07. The molecule has 0 atom stereocenters. The Hall–Kier alpha value is -1.06. The topological polar surface area (TPSA) is 9.23 Å². The van der Waals surface area contributed by atoms with Gasteiger partial charge in [-0.05, 0) is 28.1 Å². The third kappa shape index (κ3) is 1.51. The normalized spacial score (nSPS) is 11.1. The van der Waals surface area contributed by atoms with Crippen LogP contribution < -0.4 is 4.74 Å². The second-order valence-electron chi connectivity index (χ2n) is 3.48. The van der Waals surface area contributed by atoms with Gasteiger partial charge in [-0.1, -0.05) is 30.3 Å². The second-order valence-corrected chi connectivity index (χ2v) is 4.99. The Morgan fingerprint density at radius 2 is 1.81 bits per heavy atom. The summed E-state index contributed by atoms with van der Waals surface area (Å²) in [6, 6.07) is 14.7. The van der Waals surface area contributed by atoms with E-state index in [1.807, 2.05) is 12.1 Å². The van der Waals surface area contributed by atoms with E-state index in [-0.39, 0.29) is 0 Å². The maximum absolute atomic E-state index is 5.58. The number of hydrogen-bond acceptors (Lipinski definition) is 2. The standard InChI is InChI=1S/C13H9BrOS/c14-8-15-11-6-3-5-10-9-4-1-2-7-12(9)16-13(10)11/h1-7H,8H2. The Morgan fingerprint density at radius 1 is 1.00 bits per heavy atom. The molecular formula is C13H9BrOS. The van der Waals surface area contributed by atoms with Crippen LogP contribution in [0.1, 0.15) is 0 Å². The molecule has 0 aliphatic rings. The average molecular weight is 293 g/mol. The van der Waals surface area contributed by atoms with E-state index in [2.05, 4.69) is 46.3 Å². The van der Waals surface area contributed by atoms with Crippen LogP contribution in [-0.4, -0.2) is 5.52 Å². The summed E-state index contributed by atoms with van der Waals surface area (Å²) in [5.41, 5.74) is 0.528. The summed E-state index contributed by atoms with van der Waals surface area (Å²) in [5, 5.41) is 2.58. The van der Waals surface area contributed by atoms with E-state index in [1.165, 1.54) is 20.2 Å². The molecule has 0 aliphatic heterocycles. The van der Waals surface area contributed by atoms with Crippen molar-refractivity contribution >= 4 is 47.4 Å². The predicted octanol–water partition coefficient (Wildman–Crippen LogP) is 4.79. The van der Waals surface area contributed by atoms with E-state index >= 15 is 0 Å². The minimum Gasteiger partial charge on any atom is -0.481 e. The van der Waals surface area contributed by atoms with E-state index in [0.717, 1.165) is 5.75 Å². The fourth-order valence-corrected chi connectivity index (χ4v) is 3.31. The molecule has 0 unspecified atom stereocenters. The first-order chi connectivity index (χ1) is 7.90. The van der Waals surface area contributed by atoms with E-state index < -0.39 is 0 Å². The van der Waals surface area contributed by atoms with E-state index in [1.54, 1.807) is 11.3 Å². The van der Waals surface area contributed by atoms with E-state index in [0.29, 0.717) is 5.52 Å². The highest BCUT2D eigenvalue weighted by Crippen LogP contribution is 2.38. The summed E-state index contributed by atoms with van der Waals surface area (Å²) in [5.74, 6) is 0.954. The third-order valence-electron chi connectivity index (χ3n) is 2.58. The van der Waals surface area contributed by atoms with Crippen LogP contribution in [0.4, 0.5) is 0 Å². The van der Waals surface area contributed by atoms with Crippen molar-refractivity contribution in [3.05, 3.63) is 42.5 Å². The highest BCUT2D eigenvalue weighted by atomic mass is 79.9. The van der Waals surface area contributed by atoms with Crippen LogP contribution in [0.15, 0.2) is 42.5 Å². The quantitative estimate of drug-likeness (QED) is 0.617. The van der Waals surface area contributed by atoms with E-state index in [9.17, 15) is 0 Å². The average Bonchev–Trinajstić information content (AvgIpc) is 2.69. The zero-order chi connectivity index (χ0) is 11.0. The summed E-state index contributed by atoms with van der Waals surface area (Å²) in [6.07, 6.45) is 0. The molecule has 0 bridgehead atoms. The lowest BCUT2D eigenvalue weighted by atomic mass is 10.1. The molecular weight excluding hydrogens is 284 g/mol. The molecule has 3 rings (SSSR count). The Bertz CT molecular complexity index is 645.